The molecule has 0 fully saturated rings. The summed E-state index contributed by atoms with van der Waals surface area (Å²) in [5.41, 5.74) is 0.439. The molecule has 0 bridgehead atoms. The zero-order valence-corrected chi connectivity index (χ0v) is 12.5. The molecule has 0 saturated heterocycles. The minimum absolute atomic E-state index is 0.0565. The van der Waals surface area contributed by atoms with E-state index >= 15 is 0 Å². The van der Waals surface area contributed by atoms with Gasteiger partial charge in [-0.05, 0) is 18.1 Å². The van der Waals surface area contributed by atoms with Crippen LogP contribution in [0.15, 0.2) is 29.2 Å². The standard InChI is InChI=1S/C14H21NO3S/c1-4-11(3)10-15-19(17,18)13-8-6-7-12(9-13)14(16)5-2/h6-9,11,15H,4-5,10H2,1-3H3. The van der Waals surface area contributed by atoms with Gasteiger partial charge in [-0.25, -0.2) is 13.1 Å². The molecule has 0 radical (unpaired) electrons. The zero-order chi connectivity index (χ0) is 14.5. The Morgan fingerprint density at radius 3 is 2.58 bits per heavy atom. The summed E-state index contributed by atoms with van der Waals surface area (Å²) in [6.45, 7) is 6.16. The highest BCUT2D eigenvalue weighted by Gasteiger charge is 2.16. The molecule has 1 N–H and O–H groups in total. The third kappa shape index (κ3) is 4.44. The second-order valence-corrected chi connectivity index (χ2v) is 6.44. The highest BCUT2D eigenvalue weighted by Crippen LogP contribution is 2.13. The van der Waals surface area contributed by atoms with Crippen LogP contribution in [-0.4, -0.2) is 20.7 Å². The third-order valence-corrected chi connectivity index (χ3v) is 4.53. The van der Waals surface area contributed by atoms with Gasteiger partial charge in [0, 0.05) is 18.5 Å². The van der Waals surface area contributed by atoms with Gasteiger partial charge in [0.2, 0.25) is 10.0 Å². The summed E-state index contributed by atoms with van der Waals surface area (Å²) >= 11 is 0. The van der Waals surface area contributed by atoms with Crippen molar-refractivity contribution in [2.24, 2.45) is 5.92 Å². The molecule has 0 heterocycles. The number of benzene rings is 1. The Hall–Kier alpha value is -1.20. The lowest BCUT2D eigenvalue weighted by molar-refractivity contribution is 0.0988. The number of ketones is 1. The number of hydrogen-bond donors (Lipinski definition) is 1. The molecular weight excluding hydrogens is 262 g/mol. The van der Waals surface area contributed by atoms with E-state index < -0.39 is 10.0 Å². The molecule has 0 aliphatic heterocycles. The molecular formula is C14H21NO3S. The fourth-order valence-corrected chi connectivity index (χ4v) is 2.73. The molecule has 0 spiro atoms. The minimum atomic E-state index is -3.53. The Balaban J connectivity index is 2.92. The molecule has 1 aromatic carbocycles. The lowest BCUT2D eigenvalue weighted by atomic mass is 10.1. The monoisotopic (exact) mass is 283 g/mol. The van der Waals surface area contributed by atoms with Crippen LogP contribution in [0.4, 0.5) is 0 Å². The topological polar surface area (TPSA) is 63.2 Å². The lowest BCUT2D eigenvalue weighted by Crippen LogP contribution is -2.28. The normalized spacial score (nSPS) is 13.2. The van der Waals surface area contributed by atoms with E-state index in [9.17, 15) is 13.2 Å². The van der Waals surface area contributed by atoms with Gasteiger partial charge in [0.15, 0.2) is 5.78 Å². The molecule has 19 heavy (non-hydrogen) atoms. The summed E-state index contributed by atoms with van der Waals surface area (Å²) in [4.78, 5) is 11.7. The second-order valence-electron chi connectivity index (χ2n) is 4.67. The van der Waals surface area contributed by atoms with Gasteiger partial charge in [0.25, 0.3) is 0 Å². The molecule has 106 valence electrons. The van der Waals surface area contributed by atoms with Crippen molar-refractivity contribution >= 4 is 15.8 Å². The third-order valence-electron chi connectivity index (χ3n) is 3.11. The smallest absolute Gasteiger partial charge is 0.240 e. The van der Waals surface area contributed by atoms with Gasteiger partial charge in [-0.3, -0.25) is 4.79 Å². The first kappa shape index (κ1) is 15.9. The largest absolute Gasteiger partial charge is 0.294 e. The van der Waals surface area contributed by atoms with Gasteiger partial charge in [-0.2, -0.15) is 0 Å². The fourth-order valence-electron chi connectivity index (χ4n) is 1.52. The van der Waals surface area contributed by atoms with Gasteiger partial charge in [-0.15, -0.1) is 0 Å². The van der Waals surface area contributed by atoms with E-state index in [1.54, 1.807) is 19.1 Å². The van der Waals surface area contributed by atoms with Crippen molar-refractivity contribution in [3.63, 3.8) is 0 Å². The molecule has 1 aromatic rings. The molecule has 5 heteroatoms. The van der Waals surface area contributed by atoms with Gasteiger partial charge in [-0.1, -0.05) is 39.3 Å². The first-order valence-electron chi connectivity index (χ1n) is 6.53. The van der Waals surface area contributed by atoms with Gasteiger partial charge in [0.05, 0.1) is 4.90 Å². The quantitative estimate of drug-likeness (QED) is 0.782. The number of nitrogens with one attached hydrogen (secondary N) is 1. The van der Waals surface area contributed by atoms with Crippen LogP contribution in [0.5, 0.6) is 0 Å². The summed E-state index contributed by atoms with van der Waals surface area (Å²) in [6, 6.07) is 6.18. The maximum Gasteiger partial charge on any atom is 0.240 e. The van der Waals surface area contributed by atoms with Crippen LogP contribution in [0, 0.1) is 5.92 Å². The lowest BCUT2D eigenvalue weighted by Gasteiger charge is -2.11. The molecule has 0 aliphatic rings. The summed E-state index contributed by atoms with van der Waals surface area (Å²) in [6.07, 6.45) is 1.28. The first-order valence-corrected chi connectivity index (χ1v) is 8.02. The number of sulfonamides is 1. The van der Waals surface area contributed by atoms with Crippen molar-refractivity contribution in [1.29, 1.82) is 0 Å². The maximum atomic E-state index is 12.1. The Morgan fingerprint density at radius 2 is 2.00 bits per heavy atom. The minimum Gasteiger partial charge on any atom is -0.294 e. The van der Waals surface area contributed by atoms with Crippen molar-refractivity contribution in [1.82, 2.24) is 4.72 Å². The van der Waals surface area contributed by atoms with Gasteiger partial charge >= 0.3 is 0 Å². The van der Waals surface area contributed by atoms with Crippen molar-refractivity contribution < 1.29 is 13.2 Å². The van der Waals surface area contributed by atoms with Crippen LogP contribution < -0.4 is 4.72 Å². The van der Waals surface area contributed by atoms with E-state index in [1.807, 2.05) is 13.8 Å². The maximum absolute atomic E-state index is 12.1. The number of carbonyl (C=O) groups excluding carboxylic acids is 1. The number of carbonyl (C=O) groups is 1. The van der Waals surface area contributed by atoms with E-state index in [0.29, 0.717) is 18.5 Å². The summed E-state index contributed by atoms with van der Waals surface area (Å²) < 4.78 is 26.8. The van der Waals surface area contributed by atoms with E-state index in [4.69, 9.17) is 0 Å². The van der Waals surface area contributed by atoms with Gasteiger partial charge < -0.3 is 0 Å². The Morgan fingerprint density at radius 1 is 1.32 bits per heavy atom. The second kappa shape index (κ2) is 6.82. The molecule has 0 saturated carbocycles. The molecule has 0 aliphatic carbocycles. The van der Waals surface area contributed by atoms with E-state index in [0.717, 1.165) is 6.42 Å². The van der Waals surface area contributed by atoms with Crippen LogP contribution >= 0.6 is 0 Å². The highest BCUT2D eigenvalue weighted by molar-refractivity contribution is 7.89. The SMILES string of the molecule is CCC(=O)c1cccc(S(=O)(=O)NCC(C)CC)c1. The predicted molar refractivity (Wildman–Crippen MR) is 75.7 cm³/mol. The fraction of sp³-hybridized carbons (Fsp3) is 0.500. The van der Waals surface area contributed by atoms with E-state index in [1.165, 1.54) is 12.1 Å². The van der Waals surface area contributed by atoms with E-state index in [-0.39, 0.29) is 16.6 Å². The summed E-state index contributed by atoms with van der Waals surface area (Å²) in [5.74, 6) is 0.231. The van der Waals surface area contributed by atoms with Crippen LogP contribution in [0.1, 0.15) is 44.0 Å². The Kier molecular flexibility index (Phi) is 5.69. The molecule has 0 amide bonds. The van der Waals surface area contributed by atoms with Crippen molar-refractivity contribution in [3.8, 4) is 0 Å². The van der Waals surface area contributed by atoms with Crippen LogP contribution in [-0.2, 0) is 10.0 Å². The van der Waals surface area contributed by atoms with Crippen molar-refractivity contribution in [2.45, 2.75) is 38.5 Å². The highest BCUT2D eigenvalue weighted by atomic mass is 32.2. The average molecular weight is 283 g/mol. The van der Waals surface area contributed by atoms with Crippen molar-refractivity contribution in [2.75, 3.05) is 6.54 Å². The molecule has 0 aromatic heterocycles. The van der Waals surface area contributed by atoms with Crippen LogP contribution in [0.25, 0.3) is 0 Å². The average Bonchev–Trinajstić information content (AvgIpc) is 2.44. The Bertz CT molecular complexity index is 537. The molecule has 1 atom stereocenters. The molecule has 4 nitrogen and oxygen atoms in total. The van der Waals surface area contributed by atoms with Gasteiger partial charge in [0.1, 0.15) is 0 Å². The summed E-state index contributed by atoms with van der Waals surface area (Å²) in [5, 5.41) is 0. The number of Topliss-reactive ketones (excluding diaryl/α,β-unsaturated/α-hetero) is 1. The molecule has 1 rings (SSSR count). The van der Waals surface area contributed by atoms with E-state index in [2.05, 4.69) is 4.72 Å². The first-order chi connectivity index (χ1) is 8.90. The Labute approximate surface area is 115 Å². The summed E-state index contributed by atoms with van der Waals surface area (Å²) in [7, 11) is -3.53. The van der Waals surface area contributed by atoms with Crippen LogP contribution in [0.3, 0.4) is 0 Å². The van der Waals surface area contributed by atoms with Crippen molar-refractivity contribution in [3.05, 3.63) is 29.8 Å². The molecule has 1 unspecified atom stereocenters. The number of rotatable bonds is 7. The van der Waals surface area contributed by atoms with Crippen LogP contribution in [0.2, 0.25) is 0 Å². The number of hydrogen-bond acceptors (Lipinski definition) is 3. The predicted octanol–water partition coefficient (Wildman–Crippen LogP) is 2.60. The zero-order valence-electron chi connectivity index (χ0n) is 11.6.